The molecule has 1 saturated heterocycles. The fourth-order valence-corrected chi connectivity index (χ4v) is 5.67. The Balaban J connectivity index is 1.57. The molecule has 9 heteroatoms. The van der Waals surface area contributed by atoms with E-state index in [-0.39, 0.29) is 22.0 Å². The average Bonchev–Trinajstić information content (AvgIpc) is 2.75. The first-order valence-corrected chi connectivity index (χ1v) is 12.5. The summed E-state index contributed by atoms with van der Waals surface area (Å²) in [5.41, 5.74) is 1.25. The minimum atomic E-state index is -3.49. The second-order valence-electron chi connectivity index (χ2n) is 7.44. The maximum absolute atomic E-state index is 12.7. The molecule has 2 amide bonds. The Kier molecular flexibility index (Phi) is 7.74. The minimum absolute atomic E-state index is 0.136. The lowest BCUT2D eigenvalue weighted by Gasteiger charge is -2.25. The van der Waals surface area contributed by atoms with Crippen LogP contribution in [-0.2, 0) is 19.6 Å². The standard InChI is InChI=1S/C22H27N3O4S2/c1-16(30-20-10-6-18(7-11-20)23-17(2)26)22(27)24-19-8-12-21(13-9-19)31(28,29)25-14-4-3-5-15-25/h6-13,16H,3-5,14-15H2,1-2H3,(H,23,26)(H,24,27). The number of nitrogens with zero attached hydrogens (tertiary/aromatic N) is 1. The Labute approximate surface area is 187 Å². The molecule has 0 radical (unpaired) electrons. The Bertz CT molecular complexity index is 1020. The lowest BCUT2D eigenvalue weighted by atomic mass is 10.2. The average molecular weight is 462 g/mol. The summed E-state index contributed by atoms with van der Waals surface area (Å²) >= 11 is 1.40. The third-order valence-electron chi connectivity index (χ3n) is 4.93. The monoisotopic (exact) mass is 461 g/mol. The number of piperidine rings is 1. The zero-order chi connectivity index (χ0) is 22.4. The normalized spacial score (nSPS) is 15.8. The topological polar surface area (TPSA) is 95.6 Å². The van der Waals surface area contributed by atoms with E-state index in [1.165, 1.54) is 35.1 Å². The number of thioether (sulfide) groups is 1. The molecule has 31 heavy (non-hydrogen) atoms. The van der Waals surface area contributed by atoms with Gasteiger partial charge in [0.1, 0.15) is 0 Å². The number of nitrogens with one attached hydrogen (secondary N) is 2. The molecule has 0 bridgehead atoms. The number of rotatable bonds is 7. The van der Waals surface area contributed by atoms with Gasteiger partial charge in [-0.15, -0.1) is 11.8 Å². The van der Waals surface area contributed by atoms with E-state index < -0.39 is 10.0 Å². The molecular weight excluding hydrogens is 434 g/mol. The van der Waals surface area contributed by atoms with Gasteiger partial charge in [0.25, 0.3) is 0 Å². The molecule has 1 fully saturated rings. The predicted molar refractivity (Wildman–Crippen MR) is 124 cm³/mol. The largest absolute Gasteiger partial charge is 0.326 e. The van der Waals surface area contributed by atoms with Gasteiger partial charge in [0, 0.05) is 36.3 Å². The van der Waals surface area contributed by atoms with Gasteiger partial charge in [-0.2, -0.15) is 4.31 Å². The quantitative estimate of drug-likeness (QED) is 0.609. The minimum Gasteiger partial charge on any atom is -0.326 e. The van der Waals surface area contributed by atoms with Crippen LogP contribution in [0.25, 0.3) is 0 Å². The first-order chi connectivity index (χ1) is 14.8. The summed E-state index contributed by atoms with van der Waals surface area (Å²) in [6, 6.07) is 13.6. The van der Waals surface area contributed by atoms with Crippen LogP contribution in [0, 0.1) is 0 Å². The van der Waals surface area contributed by atoms with Crippen molar-refractivity contribution in [2.45, 2.75) is 48.2 Å². The van der Waals surface area contributed by atoms with Crippen molar-refractivity contribution in [2.24, 2.45) is 0 Å². The third-order valence-corrected chi connectivity index (χ3v) is 7.96. The van der Waals surface area contributed by atoms with Crippen LogP contribution in [-0.4, -0.2) is 42.9 Å². The predicted octanol–water partition coefficient (Wildman–Crippen LogP) is 3.94. The smallest absolute Gasteiger partial charge is 0.243 e. The first-order valence-electron chi connectivity index (χ1n) is 10.2. The molecule has 0 aliphatic carbocycles. The molecule has 1 atom stereocenters. The Morgan fingerprint density at radius 3 is 2.03 bits per heavy atom. The molecule has 0 aromatic heterocycles. The molecule has 1 aliphatic heterocycles. The molecule has 7 nitrogen and oxygen atoms in total. The lowest BCUT2D eigenvalue weighted by molar-refractivity contribution is -0.115. The van der Waals surface area contributed by atoms with Gasteiger partial charge in [0.15, 0.2) is 0 Å². The number of hydrogen-bond acceptors (Lipinski definition) is 5. The maximum Gasteiger partial charge on any atom is 0.243 e. The number of anilines is 2. The molecule has 1 heterocycles. The van der Waals surface area contributed by atoms with E-state index >= 15 is 0 Å². The number of sulfonamides is 1. The van der Waals surface area contributed by atoms with Crippen LogP contribution in [0.1, 0.15) is 33.1 Å². The van der Waals surface area contributed by atoms with Gasteiger partial charge in [-0.25, -0.2) is 8.42 Å². The highest BCUT2D eigenvalue weighted by Crippen LogP contribution is 2.26. The van der Waals surface area contributed by atoms with E-state index in [1.807, 2.05) is 12.1 Å². The van der Waals surface area contributed by atoms with E-state index in [9.17, 15) is 18.0 Å². The van der Waals surface area contributed by atoms with Gasteiger partial charge in [0.05, 0.1) is 10.1 Å². The summed E-state index contributed by atoms with van der Waals surface area (Å²) in [6.45, 7) is 4.37. The number of carbonyl (C=O) groups excluding carboxylic acids is 2. The Hall–Kier alpha value is -2.36. The Morgan fingerprint density at radius 2 is 1.45 bits per heavy atom. The fourth-order valence-electron chi connectivity index (χ4n) is 3.29. The van der Waals surface area contributed by atoms with Crippen molar-refractivity contribution in [3.63, 3.8) is 0 Å². The number of benzene rings is 2. The van der Waals surface area contributed by atoms with Gasteiger partial charge in [-0.3, -0.25) is 9.59 Å². The summed E-state index contributed by atoms with van der Waals surface area (Å²) in [5, 5.41) is 5.18. The zero-order valence-electron chi connectivity index (χ0n) is 17.6. The molecule has 1 aliphatic rings. The second-order valence-corrected chi connectivity index (χ2v) is 10.8. The molecule has 0 spiro atoms. The maximum atomic E-state index is 12.7. The summed E-state index contributed by atoms with van der Waals surface area (Å²) in [6.07, 6.45) is 2.84. The fraction of sp³-hybridized carbons (Fsp3) is 0.364. The van der Waals surface area contributed by atoms with E-state index in [2.05, 4.69) is 10.6 Å². The van der Waals surface area contributed by atoms with E-state index in [1.54, 1.807) is 31.2 Å². The molecular formula is C22H27N3O4S2. The summed E-state index contributed by atoms with van der Waals surface area (Å²) in [4.78, 5) is 24.8. The highest BCUT2D eigenvalue weighted by molar-refractivity contribution is 8.00. The second kappa shape index (κ2) is 10.3. The van der Waals surface area contributed by atoms with Crippen LogP contribution in [0.3, 0.4) is 0 Å². The SMILES string of the molecule is CC(=O)Nc1ccc(SC(C)C(=O)Nc2ccc(S(=O)(=O)N3CCCCC3)cc2)cc1. The van der Waals surface area contributed by atoms with E-state index in [4.69, 9.17) is 0 Å². The van der Waals surface area contributed by atoms with Crippen LogP contribution >= 0.6 is 11.8 Å². The summed E-state index contributed by atoms with van der Waals surface area (Å²) in [5.74, 6) is -0.314. The van der Waals surface area contributed by atoms with Crippen LogP contribution in [0.15, 0.2) is 58.3 Å². The van der Waals surface area contributed by atoms with Crippen LogP contribution < -0.4 is 10.6 Å². The van der Waals surface area contributed by atoms with Gasteiger partial charge in [-0.05, 0) is 68.3 Å². The molecule has 2 aromatic carbocycles. The highest BCUT2D eigenvalue weighted by Gasteiger charge is 2.25. The molecule has 2 aromatic rings. The van der Waals surface area contributed by atoms with Crippen molar-refractivity contribution < 1.29 is 18.0 Å². The molecule has 2 N–H and O–H groups in total. The van der Waals surface area contributed by atoms with Gasteiger partial charge < -0.3 is 10.6 Å². The van der Waals surface area contributed by atoms with Crippen molar-refractivity contribution in [1.29, 1.82) is 0 Å². The summed E-state index contributed by atoms with van der Waals surface area (Å²) < 4.78 is 27.0. The van der Waals surface area contributed by atoms with Crippen molar-refractivity contribution in [2.75, 3.05) is 23.7 Å². The van der Waals surface area contributed by atoms with Crippen LogP contribution in [0.5, 0.6) is 0 Å². The molecule has 3 rings (SSSR count). The van der Waals surface area contributed by atoms with E-state index in [0.717, 1.165) is 24.2 Å². The number of hydrogen-bond donors (Lipinski definition) is 2. The first kappa shape index (κ1) is 23.3. The van der Waals surface area contributed by atoms with Gasteiger partial charge in [0.2, 0.25) is 21.8 Å². The van der Waals surface area contributed by atoms with Gasteiger partial charge >= 0.3 is 0 Å². The number of amides is 2. The third kappa shape index (κ3) is 6.32. The highest BCUT2D eigenvalue weighted by atomic mass is 32.2. The molecule has 166 valence electrons. The molecule has 1 unspecified atom stereocenters. The van der Waals surface area contributed by atoms with Crippen molar-refractivity contribution in [3.8, 4) is 0 Å². The summed E-state index contributed by atoms with van der Waals surface area (Å²) in [7, 11) is -3.49. The van der Waals surface area contributed by atoms with E-state index in [0.29, 0.717) is 24.5 Å². The molecule has 0 saturated carbocycles. The van der Waals surface area contributed by atoms with Crippen molar-refractivity contribution in [3.05, 3.63) is 48.5 Å². The van der Waals surface area contributed by atoms with Crippen molar-refractivity contribution >= 4 is 45.0 Å². The van der Waals surface area contributed by atoms with Crippen LogP contribution in [0.2, 0.25) is 0 Å². The number of carbonyl (C=O) groups is 2. The van der Waals surface area contributed by atoms with Crippen LogP contribution in [0.4, 0.5) is 11.4 Å². The van der Waals surface area contributed by atoms with Crippen molar-refractivity contribution in [1.82, 2.24) is 4.31 Å². The zero-order valence-corrected chi connectivity index (χ0v) is 19.3. The van der Waals surface area contributed by atoms with Gasteiger partial charge in [-0.1, -0.05) is 6.42 Å². The Morgan fingerprint density at radius 1 is 0.903 bits per heavy atom. The lowest BCUT2D eigenvalue weighted by Crippen LogP contribution is -2.35.